The predicted octanol–water partition coefficient (Wildman–Crippen LogP) is 5.73. The molecule has 13 heteroatoms. The van der Waals surface area contributed by atoms with Gasteiger partial charge in [-0.15, -0.1) is 0 Å². The Balaban J connectivity index is 1.43. The molecular formula is C31H32ClF3N4O4S. The number of aromatic hydroxyl groups is 1. The first-order chi connectivity index (χ1) is 20.7. The number of rotatable bonds is 6. The number of alkyl halides is 3. The van der Waals surface area contributed by atoms with Crippen molar-refractivity contribution in [2.24, 2.45) is 16.1 Å². The van der Waals surface area contributed by atoms with E-state index in [9.17, 15) is 27.9 Å². The average molecular weight is 649 g/mol. The van der Waals surface area contributed by atoms with Crippen LogP contribution in [0.4, 0.5) is 18.0 Å². The number of likely N-dealkylation sites (tertiary alicyclic amines) is 1. The van der Waals surface area contributed by atoms with Crippen molar-refractivity contribution in [3.05, 3.63) is 83.2 Å². The normalized spacial score (nSPS) is 16.1. The molecule has 8 nitrogen and oxygen atoms in total. The third kappa shape index (κ3) is 7.18. The Hall–Kier alpha value is -3.64. The number of amides is 1. The van der Waals surface area contributed by atoms with Crippen LogP contribution < -0.4 is 15.4 Å². The topological polar surface area (TPSA) is 96.5 Å². The highest BCUT2D eigenvalue weighted by atomic mass is 35.5. The van der Waals surface area contributed by atoms with Crippen LogP contribution >= 0.6 is 22.9 Å². The smallest absolute Gasteiger partial charge is 0.416 e. The predicted molar refractivity (Wildman–Crippen MR) is 163 cm³/mol. The highest BCUT2D eigenvalue weighted by molar-refractivity contribution is 7.10. The van der Waals surface area contributed by atoms with Crippen LogP contribution in [-0.4, -0.2) is 45.6 Å². The number of carbonyl (C=O) groups excluding carboxylic acids is 1. The first kappa shape index (κ1) is 31.8. The van der Waals surface area contributed by atoms with Crippen LogP contribution in [-0.2, 0) is 23.9 Å². The SMILES string of the molecule is CC(C)(C)OC(=O)N1CCC(CCn2c(O)c(C(Cc3ccc(Cl)cc3C(F)(F)F)=c3ccc4c(c3)C=NN=4)sc2=O)CC1. The quantitative estimate of drug-likeness (QED) is 0.369. The number of ether oxygens (including phenoxy) is 1. The number of carbonyl (C=O) groups is 1. The van der Waals surface area contributed by atoms with E-state index in [0.29, 0.717) is 41.2 Å². The molecule has 0 aliphatic carbocycles. The highest BCUT2D eigenvalue weighted by Crippen LogP contribution is 2.37. The van der Waals surface area contributed by atoms with E-state index < -0.39 is 22.2 Å². The molecule has 2 aliphatic heterocycles. The molecule has 1 aromatic heterocycles. The van der Waals surface area contributed by atoms with Crippen molar-refractivity contribution in [2.75, 3.05) is 13.1 Å². The minimum Gasteiger partial charge on any atom is -0.493 e. The van der Waals surface area contributed by atoms with Gasteiger partial charge in [-0.05, 0) is 86.6 Å². The second-order valence-electron chi connectivity index (χ2n) is 11.9. The molecular weight excluding hydrogens is 617 g/mol. The maximum atomic E-state index is 14.0. The number of aromatic nitrogens is 1. The summed E-state index contributed by atoms with van der Waals surface area (Å²) in [4.78, 5) is 27.0. The summed E-state index contributed by atoms with van der Waals surface area (Å²) in [5, 5.41) is 20.3. The van der Waals surface area contributed by atoms with Crippen LogP contribution in [0.5, 0.6) is 5.88 Å². The minimum atomic E-state index is -4.66. The Labute approximate surface area is 260 Å². The van der Waals surface area contributed by atoms with Gasteiger partial charge in [-0.2, -0.15) is 23.4 Å². The number of nitrogens with zero attached hydrogens (tertiary/aromatic N) is 4. The van der Waals surface area contributed by atoms with Crippen LogP contribution in [0.3, 0.4) is 0 Å². The van der Waals surface area contributed by atoms with Gasteiger partial charge in [0.25, 0.3) is 0 Å². The summed E-state index contributed by atoms with van der Waals surface area (Å²) in [6, 6.07) is 8.71. The molecule has 234 valence electrons. The van der Waals surface area contributed by atoms with Crippen molar-refractivity contribution in [3.63, 3.8) is 0 Å². The molecule has 2 aromatic carbocycles. The highest BCUT2D eigenvalue weighted by Gasteiger charge is 2.34. The van der Waals surface area contributed by atoms with Gasteiger partial charge in [0.1, 0.15) is 5.60 Å². The fourth-order valence-corrected chi connectivity index (χ4v) is 6.54. The standard InChI is InChI=1S/C31H32ClF3N4O4S/c1-30(2,3)43-28(41)38-11-8-18(9-12-38)10-13-39-27(40)26(44-29(39)42)23(19-5-7-25-21(14-19)17-36-37-25)15-20-4-6-22(32)16-24(20)31(33,34)35/h4-7,14,16-18,40H,8-13,15H2,1-3H3. The molecule has 44 heavy (non-hydrogen) atoms. The van der Waals surface area contributed by atoms with Crippen LogP contribution in [0.25, 0.3) is 5.57 Å². The monoisotopic (exact) mass is 648 g/mol. The first-order valence-corrected chi connectivity index (χ1v) is 15.4. The van der Waals surface area contributed by atoms with E-state index in [1.807, 2.05) is 20.8 Å². The Bertz CT molecular complexity index is 1780. The Kier molecular flexibility index (Phi) is 8.95. The molecule has 0 saturated carbocycles. The lowest BCUT2D eigenvalue weighted by Crippen LogP contribution is -2.41. The zero-order valence-corrected chi connectivity index (χ0v) is 26.0. The van der Waals surface area contributed by atoms with Gasteiger partial charge in [-0.25, -0.2) is 4.79 Å². The van der Waals surface area contributed by atoms with Gasteiger partial charge in [-0.3, -0.25) is 9.36 Å². The van der Waals surface area contributed by atoms with Gasteiger partial charge >= 0.3 is 17.1 Å². The van der Waals surface area contributed by atoms with E-state index in [4.69, 9.17) is 16.3 Å². The Morgan fingerprint density at radius 3 is 2.55 bits per heavy atom. The van der Waals surface area contributed by atoms with Crippen molar-refractivity contribution < 1.29 is 27.8 Å². The summed E-state index contributed by atoms with van der Waals surface area (Å²) in [7, 11) is 0. The molecule has 2 aliphatic rings. The Morgan fingerprint density at radius 2 is 1.86 bits per heavy atom. The van der Waals surface area contributed by atoms with Crippen molar-refractivity contribution in [2.45, 2.75) is 64.8 Å². The second kappa shape index (κ2) is 12.4. The number of benzene rings is 2. The molecule has 5 rings (SSSR count). The summed E-state index contributed by atoms with van der Waals surface area (Å²) >= 11 is 6.71. The van der Waals surface area contributed by atoms with Gasteiger partial charge < -0.3 is 14.7 Å². The van der Waals surface area contributed by atoms with Gasteiger partial charge in [0.15, 0.2) is 0 Å². The zero-order valence-electron chi connectivity index (χ0n) is 24.4. The molecule has 3 aromatic rings. The van der Waals surface area contributed by atoms with Crippen LogP contribution in [0.2, 0.25) is 5.02 Å². The number of hydrogen-bond acceptors (Lipinski definition) is 7. The van der Waals surface area contributed by atoms with E-state index in [1.54, 1.807) is 29.3 Å². The maximum absolute atomic E-state index is 14.0. The van der Waals surface area contributed by atoms with E-state index in [-0.39, 0.29) is 46.3 Å². The van der Waals surface area contributed by atoms with Gasteiger partial charge in [0, 0.05) is 36.6 Å². The summed E-state index contributed by atoms with van der Waals surface area (Å²) in [6.45, 7) is 6.75. The maximum Gasteiger partial charge on any atom is 0.416 e. The lowest BCUT2D eigenvalue weighted by molar-refractivity contribution is -0.138. The fourth-order valence-electron chi connectivity index (χ4n) is 5.39. The fraction of sp³-hybridized carbons (Fsp3) is 0.419. The lowest BCUT2D eigenvalue weighted by Gasteiger charge is -2.33. The number of piperidine rings is 1. The van der Waals surface area contributed by atoms with E-state index in [1.165, 1.54) is 16.7 Å². The number of fused-ring (bicyclic) bond motifs is 1. The summed E-state index contributed by atoms with van der Waals surface area (Å²) in [5.74, 6) is -0.0717. The third-order valence-electron chi connectivity index (χ3n) is 7.65. The number of halogens is 4. The second-order valence-corrected chi connectivity index (χ2v) is 13.3. The molecule has 0 atom stereocenters. The van der Waals surface area contributed by atoms with Gasteiger partial charge in [0.2, 0.25) is 5.88 Å². The molecule has 1 fully saturated rings. The van der Waals surface area contributed by atoms with Crippen molar-refractivity contribution in [1.29, 1.82) is 0 Å². The van der Waals surface area contributed by atoms with Crippen LogP contribution in [0.15, 0.2) is 51.4 Å². The average Bonchev–Trinajstić information content (AvgIpc) is 3.53. The minimum absolute atomic E-state index is 0.0423. The van der Waals surface area contributed by atoms with Crippen molar-refractivity contribution in [3.8, 4) is 5.88 Å². The summed E-state index contributed by atoms with van der Waals surface area (Å²) in [6.07, 6.45) is -1.64. The molecule has 0 spiro atoms. The molecule has 1 saturated heterocycles. The van der Waals surface area contributed by atoms with E-state index in [2.05, 4.69) is 10.2 Å². The van der Waals surface area contributed by atoms with Gasteiger partial charge in [0.05, 0.1) is 22.0 Å². The third-order valence-corrected chi connectivity index (χ3v) is 8.92. The van der Waals surface area contributed by atoms with Crippen LogP contribution in [0, 0.1) is 5.92 Å². The molecule has 3 heterocycles. The summed E-state index contributed by atoms with van der Waals surface area (Å²) < 4.78 is 48.7. The molecule has 0 bridgehead atoms. The molecule has 1 amide bonds. The summed E-state index contributed by atoms with van der Waals surface area (Å²) in [5.41, 5.74) is -0.464. The van der Waals surface area contributed by atoms with Crippen molar-refractivity contribution in [1.82, 2.24) is 9.47 Å². The largest absolute Gasteiger partial charge is 0.493 e. The number of hydrogen-bond donors (Lipinski definition) is 1. The molecule has 0 unspecified atom stereocenters. The van der Waals surface area contributed by atoms with Crippen LogP contribution in [0.1, 0.15) is 61.6 Å². The van der Waals surface area contributed by atoms with Gasteiger partial charge in [-0.1, -0.05) is 35.1 Å². The van der Waals surface area contributed by atoms with Crippen molar-refractivity contribution >= 4 is 40.8 Å². The Morgan fingerprint density at radius 1 is 1.14 bits per heavy atom. The first-order valence-electron chi connectivity index (χ1n) is 14.2. The van der Waals surface area contributed by atoms with E-state index in [0.717, 1.165) is 30.2 Å². The van der Waals surface area contributed by atoms with E-state index >= 15 is 0 Å². The zero-order chi connectivity index (χ0) is 31.8. The lowest BCUT2D eigenvalue weighted by atomic mass is 9.93. The molecule has 1 N–H and O–H groups in total. The molecule has 0 radical (unpaired) electrons. The number of thiazole rings is 1.